The van der Waals surface area contributed by atoms with Crippen molar-refractivity contribution in [1.29, 1.82) is 0 Å². The van der Waals surface area contributed by atoms with Crippen LogP contribution in [0.2, 0.25) is 5.15 Å². The molecule has 40 heavy (non-hydrogen) atoms. The number of methoxy groups -OCH3 is 1. The van der Waals surface area contributed by atoms with Crippen molar-refractivity contribution >= 4 is 40.0 Å². The summed E-state index contributed by atoms with van der Waals surface area (Å²) in [6, 6.07) is 8.77. The summed E-state index contributed by atoms with van der Waals surface area (Å²) in [5, 5.41) is 13.5. The highest BCUT2D eigenvalue weighted by molar-refractivity contribution is 6.29. The Hall–Kier alpha value is -4.25. The highest BCUT2D eigenvalue weighted by Crippen LogP contribution is 2.32. The monoisotopic (exact) mass is 563 g/mol. The van der Waals surface area contributed by atoms with E-state index in [0.717, 1.165) is 48.7 Å². The Balaban J connectivity index is 1.48. The van der Waals surface area contributed by atoms with Crippen molar-refractivity contribution in [3.8, 4) is 6.01 Å². The van der Waals surface area contributed by atoms with Gasteiger partial charge in [0.25, 0.3) is 5.56 Å². The standard InChI is InChI=1S/C28H30ClN7O4/c1-15-13-18(16(2)31-20-5-6-21(29)32-24(20)27(38)39)23-19(14-15)26(37)35(3)25(34-23)17-8-11-36(12-9-17)22-7-10-30-28(33-22)40-4/h5-7,10,13-14,16-17,31H,8-9,11-12H2,1-4H3,(H,38,39)/t16-/m1/s1. The number of aromatic nitrogens is 5. The van der Waals surface area contributed by atoms with E-state index >= 15 is 0 Å². The SMILES string of the molecule is COc1nccc(N2CCC(c3nc4c([C@@H](C)Nc5ccc(Cl)nc5C(=O)O)cc(C)cc4c(=O)n3C)CC2)n1. The molecule has 3 aromatic heterocycles. The highest BCUT2D eigenvalue weighted by Gasteiger charge is 2.27. The lowest BCUT2D eigenvalue weighted by atomic mass is 9.94. The highest BCUT2D eigenvalue weighted by atomic mass is 35.5. The van der Waals surface area contributed by atoms with Crippen LogP contribution in [0.4, 0.5) is 11.5 Å². The Labute approximate surface area is 235 Å². The molecule has 1 aromatic carbocycles. The molecule has 12 heteroatoms. The molecule has 0 aliphatic carbocycles. The number of nitrogens with one attached hydrogen (secondary N) is 1. The number of benzene rings is 1. The van der Waals surface area contributed by atoms with Gasteiger partial charge in [-0.3, -0.25) is 9.36 Å². The Morgan fingerprint density at radius 1 is 1.18 bits per heavy atom. The van der Waals surface area contributed by atoms with E-state index in [0.29, 0.717) is 22.6 Å². The van der Waals surface area contributed by atoms with Crippen LogP contribution >= 0.6 is 11.6 Å². The maximum absolute atomic E-state index is 13.6. The summed E-state index contributed by atoms with van der Waals surface area (Å²) in [6.45, 7) is 5.33. The molecule has 0 unspecified atom stereocenters. The van der Waals surface area contributed by atoms with Crippen molar-refractivity contribution < 1.29 is 14.6 Å². The molecule has 1 fully saturated rings. The van der Waals surface area contributed by atoms with Crippen LogP contribution in [-0.4, -0.2) is 55.8 Å². The van der Waals surface area contributed by atoms with Crippen molar-refractivity contribution in [2.45, 2.75) is 38.6 Å². The van der Waals surface area contributed by atoms with Gasteiger partial charge in [0.1, 0.15) is 16.8 Å². The molecule has 1 aliphatic rings. The number of rotatable bonds is 7. The van der Waals surface area contributed by atoms with Crippen LogP contribution in [-0.2, 0) is 7.05 Å². The van der Waals surface area contributed by atoms with Gasteiger partial charge >= 0.3 is 12.0 Å². The van der Waals surface area contributed by atoms with Crippen LogP contribution in [0.1, 0.15) is 59.2 Å². The van der Waals surface area contributed by atoms with Gasteiger partial charge in [-0.15, -0.1) is 0 Å². The summed E-state index contributed by atoms with van der Waals surface area (Å²) in [5.74, 6) is 0.431. The number of carboxylic acids is 1. The lowest BCUT2D eigenvalue weighted by Crippen LogP contribution is -2.36. The molecule has 2 N–H and O–H groups in total. The molecular formula is C28H30ClN7O4. The smallest absolute Gasteiger partial charge is 0.356 e. The van der Waals surface area contributed by atoms with Crippen molar-refractivity contribution in [3.63, 3.8) is 0 Å². The molecule has 11 nitrogen and oxygen atoms in total. The number of halogens is 1. The second-order valence-corrected chi connectivity index (χ2v) is 10.3. The molecule has 1 atom stereocenters. The van der Waals surface area contributed by atoms with E-state index < -0.39 is 5.97 Å². The van der Waals surface area contributed by atoms with Gasteiger partial charge in [-0.25, -0.2) is 19.7 Å². The van der Waals surface area contributed by atoms with E-state index in [1.165, 1.54) is 6.07 Å². The summed E-state index contributed by atoms with van der Waals surface area (Å²) >= 11 is 5.93. The average Bonchev–Trinajstić information content (AvgIpc) is 2.95. The molecule has 208 valence electrons. The topological polar surface area (TPSA) is 135 Å². The maximum Gasteiger partial charge on any atom is 0.356 e. The van der Waals surface area contributed by atoms with E-state index in [9.17, 15) is 14.7 Å². The second-order valence-electron chi connectivity index (χ2n) is 9.95. The molecular weight excluding hydrogens is 534 g/mol. The summed E-state index contributed by atoms with van der Waals surface area (Å²) in [7, 11) is 3.31. The third-order valence-corrected chi connectivity index (χ3v) is 7.49. The van der Waals surface area contributed by atoms with Gasteiger partial charge in [-0.1, -0.05) is 17.7 Å². The summed E-state index contributed by atoms with van der Waals surface area (Å²) < 4.78 is 6.82. The number of anilines is 2. The van der Waals surface area contributed by atoms with E-state index in [1.807, 2.05) is 32.0 Å². The maximum atomic E-state index is 13.6. The number of piperidine rings is 1. The Kier molecular flexibility index (Phi) is 7.57. The van der Waals surface area contributed by atoms with E-state index in [1.54, 1.807) is 31.0 Å². The fourth-order valence-corrected chi connectivity index (χ4v) is 5.41. The first-order chi connectivity index (χ1) is 19.2. The van der Waals surface area contributed by atoms with Gasteiger partial charge in [0.05, 0.1) is 29.7 Å². The molecule has 1 aliphatic heterocycles. The molecule has 1 saturated heterocycles. The number of hydrogen-bond donors (Lipinski definition) is 2. The van der Waals surface area contributed by atoms with Crippen LogP contribution in [0.15, 0.2) is 41.3 Å². The van der Waals surface area contributed by atoms with Crippen LogP contribution in [0, 0.1) is 6.92 Å². The molecule has 0 spiro atoms. The number of pyridine rings is 1. The van der Waals surface area contributed by atoms with Crippen molar-refractivity contribution in [2.24, 2.45) is 7.05 Å². The fourth-order valence-electron chi connectivity index (χ4n) is 5.26. The number of carboxylic acid groups (broad SMARTS) is 1. The van der Waals surface area contributed by atoms with Crippen LogP contribution < -0.4 is 20.5 Å². The minimum Gasteiger partial charge on any atom is -0.476 e. The Morgan fingerprint density at radius 3 is 2.62 bits per heavy atom. The number of hydrogen-bond acceptors (Lipinski definition) is 9. The molecule has 0 amide bonds. The van der Waals surface area contributed by atoms with E-state index in [2.05, 4.69) is 25.2 Å². The second kappa shape index (κ2) is 11.1. The zero-order chi connectivity index (χ0) is 28.6. The molecule has 0 saturated carbocycles. The summed E-state index contributed by atoms with van der Waals surface area (Å²) in [6.07, 6.45) is 3.27. The van der Waals surface area contributed by atoms with E-state index in [4.69, 9.17) is 21.3 Å². The molecule has 4 heterocycles. The summed E-state index contributed by atoms with van der Waals surface area (Å²) in [5.41, 5.74) is 2.35. The zero-order valence-electron chi connectivity index (χ0n) is 22.7. The lowest BCUT2D eigenvalue weighted by molar-refractivity contribution is 0.0691. The first-order valence-corrected chi connectivity index (χ1v) is 13.3. The van der Waals surface area contributed by atoms with E-state index in [-0.39, 0.29) is 28.4 Å². The Bertz CT molecular complexity index is 1650. The number of fused-ring (bicyclic) bond motifs is 1. The van der Waals surface area contributed by atoms with Gasteiger partial charge in [-0.2, -0.15) is 4.98 Å². The zero-order valence-corrected chi connectivity index (χ0v) is 23.4. The van der Waals surface area contributed by atoms with Gasteiger partial charge in [0.2, 0.25) is 0 Å². The molecule has 4 aromatic rings. The van der Waals surface area contributed by atoms with Gasteiger partial charge in [0.15, 0.2) is 5.69 Å². The number of carbonyl (C=O) groups is 1. The minimum atomic E-state index is -1.19. The van der Waals surface area contributed by atoms with Crippen LogP contribution in [0.5, 0.6) is 6.01 Å². The first kappa shape index (κ1) is 27.3. The van der Waals surface area contributed by atoms with Crippen molar-refractivity contribution in [3.05, 3.63) is 74.7 Å². The number of ether oxygens (including phenoxy) is 1. The summed E-state index contributed by atoms with van der Waals surface area (Å²) in [4.78, 5) is 45.1. The van der Waals surface area contributed by atoms with Gasteiger partial charge in [-0.05, 0) is 56.5 Å². The largest absolute Gasteiger partial charge is 0.476 e. The molecule has 5 rings (SSSR count). The van der Waals surface area contributed by atoms with Crippen LogP contribution in [0.25, 0.3) is 10.9 Å². The Morgan fingerprint density at radius 2 is 1.93 bits per heavy atom. The van der Waals surface area contributed by atoms with Crippen molar-refractivity contribution in [1.82, 2.24) is 24.5 Å². The van der Waals surface area contributed by atoms with Crippen molar-refractivity contribution in [2.75, 3.05) is 30.4 Å². The quantitative estimate of drug-likeness (QED) is 0.312. The predicted octanol–water partition coefficient (Wildman–Crippen LogP) is 4.34. The fraction of sp³-hybridized carbons (Fsp3) is 0.357. The number of aryl methyl sites for hydroxylation is 1. The molecule has 0 radical (unpaired) electrons. The van der Waals surface area contributed by atoms with Gasteiger partial charge in [0, 0.05) is 37.8 Å². The first-order valence-electron chi connectivity index (χ1n) is 13.0. The van der Waals surface area contributed by atoms with Crippen LogP contribution in [0.3, 0.4) is 0 Å². The third-order valence-electron chi connectivity index (χ3n) is 7.28. The third kappa shape index (κ3) is 5.29. The molecule has 0 bridgehead atoms. The normalized spacial score (nSPS) is 14.8. The minimum absolute atomic E-state index is 0.0820. The average molecular weight is 564 g/mol. The number of nitrogens with zero attached hydrogens (tertiary/aromatic N) is 6. The van der Waals surface area contributed by atoms with Gasteiger partial charge < -0.3 is 20.1 Å². The number of aromatic carboxylic acids is 1. The predicted molar refractivity (Wildman–Crippen MR) is 153 cm³/mol. The lowest BCUT2D eigenvalue weighted by Gasteiger charge is -2.33.